The normalized spacial score (nSPS) is 14.6. The predicted octanol–water partition coefficient (Wildman–Crippen LogP) is 9.05. The van der Waals surface area contributed by atoms with Crippen molar-refractivity contribution in [2.75, 3.05) is 13.2 Å². The first-order valence-corrected chi connectivity index (χ1v) is 17.0. The van der Waals surface area contributed by atoms with E-state index in [1.54, 1.807) is 6.08 Å². The Kier molecular flexibility index (Phi) is 29.8. The maximum absolute atomic E-state index is 12.1. The average Bonchev–Trinajstić information content (AvgIpc) is 3.02. The van der Waals surface area contributed by atoms with Gasteiger partial charge >= 0.3 is 11.9 Å². The monoisotopic (exact) mass is 614 g/mol. The molecule has 0 bridgehead atoms. The third-order valence-electron chi connectivity index (χ3n) is 7.15. The molecule has 2 N–H and O–H groups in total. The maximum Gasteiger partial charge on any atom is 0.306 e. The predicted molar refractivity (Wildman–Crippen MR) is 183 cm³/mol. The highest BCUT2D eigenvalue weighted by atomic mass is 16.6. The second-order valence-electron chi connectivity index (χ2n) is 11.3. The molecule has 3 atom stereocenters. The number of aliphatic hydroxyl groups is 2. The molecule has 0 saturated heterocycles. The highest BCUT2D eigenvalue weighted by Gasteiger charge is 2.15. The second kappa shape index (κ2) is 31.7. The molecule has 0 rings (SSSR count). The number of carbonyl (C=O) groups excluding carboxylic acids is 2. The Morgan fingerprint density at radius 1 is 0.727 bits per heavy atom. The lowest BCUT2D eigenvalue weighted by Crippen LogP contribution is -2.28. The summed E-state index contributed by atoms with van der Waals surface area (Å²) in [4.78, 5) is 24.1. The molecule has 0 fully saturated rings. The first kappa shape index (κ1) is 41.3. The molecule has 0 aromatic rings. The number of ether oxygens (including phenoxy) is 2. The zero-order valence-corrected chi connectivity index (χ0v) is 27.9. The smallest absolute Gasteiger partial charge is 0.306 e. The summed E-state index contributed by atoms with van der Waals surface area (Å²) in [5, 5.41) is 19.4. The van der Waals surface area contributed by atoms with Crippen molar-refractivity contribution < 1.29 is 29.3 Å². The summed E-state index contributed by atoms with van der Waals surface area (Å²) in [6, 6.07) is 0. The van der Waals surface area contributed by atoms with Gasteiger partial charge in [-0.25, -0.2) is 0 Å². The molecule has 2 unspecified atom stereocenters. The quantitative estimate of drug-likeness (QED) is 0.0395. The summed E-state index contributed by atoms with van der Waals surface area (Å²) in [5.74, 6) is 0.0817. The van der Waals surface area contributed by atoms with Crippen molar-refractivity contribution in [3.05, 3.63) is 72.9 Å². The van der Waals surface area contributed by atoms with Gasteiger partial charge < -0.3 is 19.7 Å². The van der Waals surface area contributed by atoms with Gasteiger partial charge in [0.1, 0.15) is 6.61 Å². The third-order valence-corrected chi connectivity index (χ3v) is 7.15. The second-order valence-corrected chi connectivity index (χ2v) is 11.3. The molecule has 0 heterocycles. The molecule has 6 heteroatoms. The number of aliphatic hydroxyl groups excluding tert-OH is 2. The fourth-order valence-corrected chi connectivity index (χ4v) is 4.17. The molecule has 0 saturated carbocycles. The maximum atomic E-state index is 12.1. The van der Waals surface area contributed by atoms with Crippen molar-refractivity contribution in [1.82, 2.24) is 0 Å². The average molecular weight is 615 g/mol. The van der Waals surface area contributed by atoms with Crippen LogP contribution in [0, 0.1) is 5.92 Å². The summed E-state index contributed by atoms with van der Waals surface area (Å²) in [6.45, 7) is 6.16. The summed E-state index contributed by atoms with van der Waals surface area (Å²) >= 11 is 0. The van der Waals surface area contributed by atoms with Crippen LogP contribution in [0.2, 0.25) is 0 Å². The highest BCUT2D eigenvalue weighted by molar-refractivity contribution is 5.70. The van der Waals surface area contributed by atoms with Gasteiger partial charge in [-0.05, 0) is 50.9 Å². The van der Waals surface area contributed by atoms with E-state index in [0.29, 0.717) is 19.3 Å². The largest absolute Gasteiger partial charge is 0.462 e. The van der Waals surface area contributed by atoms with Crippen molar-refractivity contribution in [2.45, 2.75) is 136 Å². The van der Waals surface area contributed by atoms with Gasteiger partial charge in [-0.15, -0.1) is 0 Å². The number of rotatable bonds is 28. The summed E-state index contributed by atoms with van der Waals surface area (Å²) in [7, 11) is 0. The highest BCUT2D eigenvalue weighted by Crippen LogP contribution is 2.14. The van der Waals surface area contributed by atoms with E-state index in [4.69, 9.17) is 9.47 Å². The van der Waals surface area contributed by atoms with E-state index < -0.39 is 18.2 Å². The van der Waals surface area contributed by atoms with Gasteiger partial charge in [-0.1, -0.05) is 139 Å². The van der Waals surface area contributed by atoms with Crippen LogP contribution in [-0.2, 0) is 19.1 Å². The SMILES string of the molecule is CC/C=C\C/C=C\CC(O)/C=C/C=C\C/C=C\C/C=C\CCC(=O)O[C@@H](CO)COC(=O)CCCCCCCCC(C)CC. The van der Waals surface area contributed by atoms with Gasteiger partial charge in [-0.3, -0.25) is 9.59 Å². The molecule has 0 aliphatic rings. The Hall–Kier alpha value is -2.70. The molecular weight excluding hydrogens is 552 g/mol. The minimum absolute atomic E-state index is 0.114. The van der Waals surface area contributed by atoms with Crippen LogP contribution in [0.3, 0.4) is 0 Å². The van der Waals surface area contributed by atoms with Crippen LogP contribution in [-0.4, -0.2) is 47.6 Å². The molecule has 0 aromatic heterocycles. The lowest BCUT2D eigenvalue weighted by atomic mass is 10.00. The zero-order valence-electron chi connectivity index (χ0n) is 27.9. The number of unbranched alkanes of at least 4 members (excludes halogenated alkanes) is 5. The molecule has 0 aromatic carbocycles. The minimum atomic E-state index is -0.829. The number of carbonyl (C=O) groups is 2. The fraction of sp³-hybridized carbons (Fsp3) is 0.632. The molecule has 44 heavy (non-hydrogen) atoms. The molecule has 0 radical (unpaired) electrons. The summed E-state index contributed by atoms with van der Waals surface area (Å²) in [6.07, 6.45) is 37.2. The molecule has 0 spiro atoms. The van der Waals surface area contributed by atoms with Crippen molar-refractivity contribution in [1.29, 1.82) is 0 Å². The van der Waals surface area contributed by atoms with E-state index in [-0.39, 0.29) is 25.6 Å². The Balaban J connectivity index is 3.87. The van der Waals surface area contributed by atoms with Crippen LogP contribution >= 0.6 is 0 Å². The van der Waals surface area contributed by atoms with Gasteiger partial charge in [0.2, 0.25) is 0 Å². The molecule has 0 aliphatic carbocycles. The zero-order chi connectivity index (χ0) is 32.5. The molecule has 0 aliphatic heterocycles. The van der Waals surface area contributed by atoms with Crippen LogP contribution < -0.4 is 0 Å². The Bertz CT molecular complexity index is 867. The van der Waals surface area contributed by atoms with Gasteiger partial charge in [0, 0.05) is 12.8 Å². The van der Waals surface area contributed by atoms with Gasteiger partial charge in [0.25, 0.3) is 0 Å². The van der Waals surface area contributed by atoms with Crippen LogP contribution in [0.25, 0.3) is 0 Å². The molecular formula is C38H62O6. The molecule has 6 nitrogen and oxygen atoms in total. The number of allylic oxidation sites excluding steroid dienone is 10. The van der Waals surface area contributed by atoms with E-state index >= 15 is 0 Å². The summed E-state index contributed by atoms with van der Waals surface area (Å²) in [5.41, 5.74) is 0. The topological polar surface area (TPSA) is 93.1 Å². The van der Waals surface area contributed by atoms with Crippen LogP contribution in [0.15, 0.2) is 72.9 Å². The Morgan fingerprint density at radius 2 is 1.36 bits per heavy atom. The van der Waals surface area contributed by atoms with Crippen LogP contribution in [0.1, 0.15) is 124 Å². The van der Waals surface area contributed by atoms with Gasteiger partial charge in [0.15, 0.2) is 6.10 Å². The Labute approximate surface area is 268 Å². The van der Waals surface area contributed by atoms with E-state index in [1.165, 1.54) is 32.1 Å². The minimum Gasteiger partial charge on any atom is -0.462 e. The fourth-order valence-electron chi connectivity index (χ4n) is 4.17. The van der Waals surface area contributed by atoms with E-state index in [2.05, 4.69) is 51.2 Å². The van der Waals surface area contributed by atoms with Crippen molar-refractivity contribution in [3.8, 4) is 0 Å². The molecule has 0 amide bonds. The number of hydrogen-bond donors (Lipinski definition) is 2. The van der Waals surface area contributed by atoms with Crippen molar-refractivity contribution >= 4 is 11.9 Å². The Morgan fingerprint density at radius 3 is 2.07 bits per heavy atom. The van der Waals surface area contributed by atoms with Crippen LogP contribution in [0.4, 0.5) is 0 Å². The first-order chi connectivity index (χ1) is 21.4. The lowest BCUT2D eigenvalue weighted by Gasteiger charge is -2.15. The van der Waals surface area contributed by atoms with Crippen LogP contribution in [0.5, 0.6) is 0 Å². The van der Waals surface area contributed by atoms with Crippen molar-refractivity contribution in [3.63, 3.8) is 0 Å². The molecule has 250 valence electrons. The van der Waals surface area contributed by atoms with Gasteiger partial charge in [0.05, 0.1) is 12.7 Å². The van der Waals surface area contributed by atoms with Gasteiger partial charge in [-0.2, -0.15) is 0 Å². The third kappa shape index (κ3) is 29.4. The number of hydrogen-bond acceptors (Lipinski definition) is 6. The standard InChI is InChI=1S/C38H62O6/c1-4-6-7-8-18-23-28-35(40)29-24-19-13-11-9-10-12-14-21-26-31-38(42)44-36(32-39)33-43-37(41)30-25-20-16-15-17-22-27-34(3)5-2/h6-7,9-10,13-14,18-19,21,23-24,29,34-36,39-40H,4-5,8,11-12,15-17,20,22,25-28,30-33H2,1-3H3/b7-6-,10-9-,19-13-,21-14-,23-18-,29-24+/t34?,35?,36-/m0/s1. The van der Waals surface area contributed by atoms with E-state index in [0.717, 1.165) is 50.9 Å². The lowest BCUT2D eigenvalue weighted by molar-refractivity contribution is -0.161. The number of esters is 2. The van der Waals surface area contributed by atoms with Crippen molar-refractivity contribution in [2.24, 2.45) is 5.92 Å². The first-order valence-electron chi connectivity index (χ1n) is 17.0. The van der Waals surface area contributed by atoms with E-state index in [9.17, 15) is 19.8 Å². The van der Waals surface area contributed by atoms with E-state index in [1.807, 2.05) is 36.5 Å². The summed E-state index contributed by atoms with van der Waals surface area (Å²) < 4.78 is 10.5.